The molecule has 0 aliphatic carbocycles. The highest BCUT2D eigenvalue weighted by Gasteiger charge is 2.17. The predicted octanol–water partition coefficient (Wildman–Crippen LogP) is 3.86. The van der Waals surface area contributed by atoms with Crippen molar-refractivity contribution in [1.29, 1.82) is 0 Å². The molecule has 0 radical (unpaired) electrons. The number of benzene rings is 1. The summed E-state index contributed by atoms with van der Waals surface area (Å²) in [6.07, 6.45) is 7.89. The molecule has 1 aromatic rings. The second kappa shape index (κ2) is 8.43. The molecule has 2 rings (SSSR count). The Morgan fingerprint density at radius 3 is 2.85 bits per heavy atom. The van der Waals surface area contributed by atoms with Crippen LogP contribution in [0, 0.1) is 6.92 Å². The van der Waals surface area contributed by atoms with Gasteiger partial charge in [-0.2, -0.15) is 0 Å². The number of ether oxygens (including phenoxy) is 1. The maximum atomic E-state index is 5.85. The third-order valence-corrected chi connectivity index (χ3v) is 4.33. The summed E-state index contributed by atoms with van der Waals surface area (Å²) in [7, 11) is 0. The van der Waals surface area contributed by atoms with Gasteiger partial charge in [0.2, 0.25) is 0 Å². The Labute approximate surface area is 123 Å². The number of rotatable bonds is 7. The Bertz CT molecular complexity index is 385. The fourth-order valence-electron chi connectivity index (χ4n) is 3.09. The molecule has 0 spiro atoms. The van der Waals surface area contributed by atoms with Crippen LogP contribution in [0.25, 0.3) is 0 Å². The van der Waals surface area contributed by atoms with Crippen LogP contribution in [0.5, 0.6) is 0 Å². The Morgan fingerprint density at radius 2 is 2.15 bits per heavy atom. The first-order valence-electron chi connectivity index (χ1n) is 8.19. The van der Waals surface area contributed by atoms with Crippen LogP contribution < -0.4 is 5.32 Å². The lowest BCUT2D eigenvalue weighted by atomic mass is 9.95. The molecule has 2 heteroatoms. The Hall–Kier alpha value is -0.860. The van der Waals surface area contributed by atoms with Crippen LogP contribution in [0.2, 0.25) is 0 Å². The lowest BCUT2D eigenvalue weighted by Crippen LogP contribution is -2.33. The molecule has 1 aromatic carbocycles. The zero-order valence-corrected chi connectivity index (χ0v) is 13.0. The van der Waals surface area contributed by atoms with E-state index in [1.165, 1.54) is 43.2 Å². The van der Waals surface area contributed by atoms with E-state index in [2.05, 4.69) is 43.4 Å². The number of hydrogen-bond acceptors (Lipinski definition) is 2. The van der Waals surface area contributed by atoms with Gasteiger partial charge in [-0.25, -0.2) is 0 Å². The van der Waals surface area contributed by atoms with Gasteiger partial charge >= 0.3 is 0 Å². The van der Waals surface area contributed by atoms with E-state index in [1.54, 1.807) is 0 Å². The SMILES string of the molecule is CCNC(CCC1CCCCO1)Cc1ccccc1C. The molecule has 112 valence electrons. The van der Waals surface area contributed by atoms with Gasteiger partial charge in [-0.1, -0.05) is 31.2 Å². The number of hydrogen-bond donors (Lipinski definition) is 1. The maximum Gasteiger partial charge on any atom is 0.0575 e. The summed E-state index contributed by atoms with van der Waals surface area (Å²) in [4.78, 5) is 0. The third-order valence-electron chi connectivity index (χ3n) is 4.33. The van der Waals surface area contributed by atoms with Crippen LogP contribution >= 0.6 is 0 Å². The molecule has 20 heavy (non-hydrogen) atoms. The van der Waals surface area contributed by atoms with Crippen molar-refractivity contribution < 1.29 is 4.74 Å². The van der Waals surface area contributed by atoms with Crippen LogP contribution in [0.3, 0.4) is 0 Å². The van der Waals surface area contributed by atoms with Crippen LogP contribution in [0.4, 0.5) is 0 Å². The summed E-state index contributed by atoms with van der Waals surface area (Å²) < 4.78 is 5.85. The van der Waals surface area contributed by atoms with E-state index in [1.807, 2.05) is 0 Å². The molecule has 0 aromatic heterocycles. The highest BCUT2D eigenvalue weighted by molar-refractivity contribution is 5.26. The van der Waals surface area contributed by atoms with Gasteiger partial charge < -0.3 is 10.1 Å². The van der Waals surface area contributed by atoms with Crippen molar-refractivity contribution in [1.82, 2.24) is 5.32 Å². The minimum Gasteiger partial charge on any atom is -0.378 e. The zero-order valence-electron chi connectivity index (χ0n) is 13.0. The summed E-state index contributed by atoms with van der Waals surface area (Å²) in [5.41, 5.74) is 2.88. The topological polar surface area (TPSA) is 21.3 Å². The molecule has 1 fully saturated rings. The number of likely N-dealkylation sites (N-methyl/N-ethyl adjacent to an activating group) is 1. The van der Waals surface area contributed by atoms with Crippen LogP contribution in [0.15, 0.2) is 24.3 Å². The number of aryl methyl sites for hydroxylation is 1. The fraction of sp³-hybridized carbons (Fsp3) is 0.667. The minimum atomic E-state index is 0.502. The van der Waals surface area contributed by atoms with Gasteiger partial charge in [0.05, 0.1) is 6.10 Å². The molecule has 2 atom stereocenters. The monoisotopic (exact) mass is 275 g/mol. The Kier molecular flexibility index (Phi) is 6.55. The predicted molar refractivity (Wildman–Crippen MR) is 85.2 cm³/mol. The molecular weight excluding hydrogens is 246 g/mol. The first kappa shape index (κ1) is 15.5. The molecule has 1 N–H and O–H groups in total. The van der Waals surface area contributed by atoms with Crippen LogP contribution in [-0.4, -0.2) is 25.3 Å². The smallest absolute Gasteiger partial charge is 0.0575 e. The average Bonchev–Trinajstić information content (AvgIpc) is 2.48. The molecule has 1 saturated heterocycles. The second-order valence-electron chi connectivity index (χ2n) is 5.95. The van der Waals surface area contributed by atoms with Crippen molar-refractivity contribution >= 4 is 0 Å². The highest BCUT2D eigenvalue weighted by atomic mass is 16.5. The molecule has 1 heterocycles. The van der Waals surface area contributed by atoms with Crippen molar-refractivity contribution in [2.24, 2.45) is 0 Å². The molecule has 1 aliphatic rings. The second-order valence-corrected chi connectivity index (χ2v) is 5.95. The molecule has 2 unspecified atom stereocenters. The maximum absolute atomic E-state index is 5.85. The molecule has 0 amide bonds. The quantitative estimate of drug-likeness (QED) is 0.815. The zero-order chi connectivity index (χ0) is 14.2. The van der Waals surface area contributed by atoms with Crippen molar-refractivity contribution in [3.05, 3.63) is 35.4 Å². The van der Waals surface area contributed by atoms with E-state index in [4.69, 9.17) is 4.74 Å². The van der Waals surface area contributed by atoms with Crippen molar-refractivity contribution in [3.63, 3.8) is 0 Å². The van der Waals surface area contributed by atoms with Gasteiger partial charge in [0, 0.05) is 12.6 Å². The van der Waals surface area contributed by atoms with Gasteiger partial charge in [-0.3, -0.25) is 0 Å². The lowest BCUT2D eigenvalue weighted by molar-refractivity contribution is 0.00860. The fourth-order valence-corrected chi connectivity index (χ4v) is 3.09. The van der Waals surface area contributed by atoms with Gasteiger partial charge in [0.25, 0.3) is 0 Å². The van der Waals surface area contributed by atoms with Gasteiger partial charge in [0.15, 0.2) is 0 Å². The van der Waals surface area contributed by atoms with E-state index in [0.717, 1.165) is 19.6 Å². The number of nitrogens with one attached hydrogen (secondary N) is 1. The van der Waals surface area contributed by atoms with Crippen molar-refractivity contribution in [2.75, 3.05) is 13.2 Å². The van der Waals surface area contributed by atoms with Crippen molar-refractivity contribution in [2.45, 2.75) is 64.5 Å². The highest BCUT2D eigenvalue weighted by Crippen LogP contribution is 2.19. The van der Waals surface area contributed by atoms with E-state index in [-0.39, 0.29) is 0 Å². The van der Waals surface area contributed by atoms with E-state index < -0.39 is 0 Å². The molecule has 0 saturated carbocycles. The minimum absolute atomic E-state index is 0.502. The van der Waals surface area contributed by atoms with E-state index >= 15 is 0 Å². The summed E-state index contributed by atoms with van der Waals surface area (Å²) >= 11 is 0. The summed E-state index contributed by atoms with van der Waals surface area (Å²) in [5, 5.41) is 3.64. The molecular formula is C18H29NO. The first-order chi connectivity index (χ1) is 9.79. The molecule has 1 aliphatic heterocycles. The lowest BCUT2D eigenvalue weighted by Gasteiger charge is -2.25. The Balaban J connectivity index is 1.84. The van der Waals surface area contributed by atoms with Crippen LogP contribution in [0.1, 0.15) is 50.2 Å². The van der Waals surface area contributed by atoms with Gasteiger partial charge in [-0.15, -0.1) is 0 Å². The van der Waals surface area contributed by atoms with Crippen molar-refractivity contribution in [3.8, 4) is 0 Å². The molecule has 0 bridgehead atoms. The third kappa shape index (κ3) is 4.92. The summed E-state index contributed by atoms with van der Waals surface area (Å²) in [5.74, 6) is 0. The first-order valence-corrected chi connectivity index (χ1v) is 8.19. The normalized spacial score (nSPS) is 20.8. The standard InChI is InChI=1S/C18H29NO/c1-3-19-17(11-12-18-10-6-7-13-20-18)14-16-9-5-4-8-15(16)2/h4-5,8-9,17-19H,3,6-7,10-14H2,1-2H3. The van der Waals surface area contributed by atoms with Gasteiger partial charge in [0.1, 0.15) is 0 Å². The van der Waals surface area contributed by atoms with Crippen LogP contribution in [-0.2, 0) is 11.2 Å². The van der Waals surface area contributed by atoms with E-state index in [9.17, 15) is 0 Å². The average molecular weight is 275 g/mol. The molecule has 2 nitrogen and oxygen atoms in total. The summed E-state index contributed by atoms with van der Waals surface area (Å²) in [6.45, 7) is 6.42. The summed E-state index contributed by atoms with van der Waals surface area (Å²) in [6, 6.07) is 9.32. The largest absolute Gasteiger partial charge is 0.378 e. The van der Waals surface area contributed by atoms with E-state index in [0.29, 0.717) is 12.1 Å². The Morgan fingerprint density at radius 1 is 1.30 bits per heavy atom. The van der Waals surface area contributed by atoms with Gasteiger partial charge in [-0.05, 0) is 63.1 Å².